The third-order valence-electron chi connectivity index (χ3n) is 4.01. The van der Waals surface area contributed by atoms with Crippen molar-refractivity contribution in [3.05, 3.63) is 59.2 Å². The molecule has 0 aliphatic heterocycles. The van der Waals surface area contributed by atoms with Crippen molar-refractivity contribution in [2.24, 2.45) is 5.92 Å². The number of nitrogens with zero attached hydrogens (tertiary/aromatic N) is 2. The molecule has 1 heterocycles. The van der Waals surface area contributed by atoms with Crippen molar-refractivity contribution < 1.29 is 22.8 Å². The van der Waals surface area contributed by atoms with Gasteiger partial charge in [0.2, 0.25) is 0 Å². The van der Waals surface area contributed by atoms with Crippen molar-refractivity contribution in [1.82, 2.24) is 15.3 Å². The number of halogens is 3. The Morgan fingerprint density at radius 1 is 1.19 bits per heavy atom. The second-order valence-corrected chi connectivity index (χ2v) is 6.16. The smallest absolute Gasteiger partial charge is 0.347 e. The van der Waals surface area contributed by atoms with Gasteiger partial charge in [-0.15, -0.1) is 0 Å². The Balaban J connectivity index is 1.62. The zero-order chi connectivity index (χ0) is 18.7. The molecule has 2 aromatic rings. The quantitative estimate of drug-likeness (QED) is 0.857. The predicted molar refractivity (Wildman–Crippen MR) is 86.1 cm³/mol. The van der Waals surface area contributed by atoms with E-state index in [-0.39, 0.29) is 36.2 Å². The molecule has 0 unspecified atom stereocenters. The van der Waals surface area contributed by atoms with E-state index in [0.717, 1.165) is 25.0 Å². The monoisotopic (exact) mass is 363 g/mol. The Kier molecular flexibility index (Phi) is 5.01. The maximum absolute atomic E-state index is 12.7. The van der Waals surface area contributed by atoms with Crippen molar-refractivity contribution in [3.63, 3.8) is 0 Å². The van der Waals surface area contributed by atoms with E-state index < -0.39 is 17.6 Å². The zero-order valence-electron chi connectivity index (χ0n) is 13.7. The number of amides is 1. The van der Waals surface area contributed by atoms with Gasteiger partial charge in [-0.2, -0.15) is 13.2 Å². The molecule has 1 fully saturated rings. The highest BCUT2D eigenvalue weighted by Gasteiger charge is 2.31. The number of carbonyl (C=O) groups is 2. The van der Waals surface area contributed by atoms with Crippen LogP contribution in [0.4, 0.5) is 13.2 Å². The van der Waals surface area contributed by atoms with Crippen molar-refractivity contribution in [1.29, 1.82) is 0 Å². The third kappa shape index (κ3) is 4.65. The first-order valence-corrected chi connectivity index (χ1v) is 8.12. The van der Waals surface area contributed by atoms with Gasteiger partial charge in [-0.05, 0) is 36.6 Å². The van der Waals surface area contributed by atoms with Crippen LogP contribution in [0.3, 0.4) is 0 Å². The molecule has 3 rings (SSSR count). The number of hydrogen-bond acceptors (Lipinski definition) is 4. The standard InChI is InChI=1S/C18H16F3N3O2/c19-18(20,21)13-3-1-2-11(8-13)10-23-17(26)14-6-7-22-16(24-14)9-15(25)12-4-5-12/h1-3,6-8,12H,4-5,9-10H2,(H,23,26). The SMILES string of the molecule is O=C(NCc1cccc(C(F)(F)F)c1)c1ccnc(CC(=O)C2CC2)n1. The fourth-order valence-corrected chi connectivity index (χ4v) is 2.45. The normalized spacial score (nSPS) is 14.1. The van der Waals surface area contributed by atoms with Crippen LogP contribution in [-0.4, -0.2) is 21.7 Å². The summed E-state index contributed by atoms with van der Waals surface area (Å²) in [6.45, 7) is -0.0664. The number of Topliss-reactive ketones (excluding diaryl/α,β-unsaturated/α-hetero) is 1. The maximum atomic E-state index is 12.7. The number of alkyl halides is 3. The van der Waals surface area contributed by atoms with E-state index >= 15 is 0 Å². The molecule has 136 valence electrons. The van der Waals surface area contributed by atoms with Crippen LogP contribution in [-0.2, 0) is 23.9 Å². The molecule has 1 aliphatic rings. The first-order chi connectivity index (χ1) is 12.3. The van der Waals surface area contributed by atoms with Crippen molar-refractivity contribution in [2.75, 3.05) is 0 Å². The average molecular weight is 363 g/mol. The first-order valence-electron chi connectivity index (χ1n) is 8.12. The molecule has 0 atom stereocenters. The van der Waals surface area contributed by atoms with Crippen LogP contribution in [0.2, 0.25) is 0 Å². The van der Waals surface area contributed by atoms with Gasteiger partial charge < -0.3 is 5.32 Å². The molecule has 0 spiro atoms. The highest BCUT2D eigenvalue weighted by Crippen LogP contribution is 2.30. The van der Waals surface area contributed by atoms with E-state index in [1.807, 2.05) is 0 Å². The van der Waals surface area contributed by atoms with Gasteiger partial charge in [0.05, 0.1) is 12.0 Å². The maximum Gasteiger partial charge on any atom is 0.416 e. The molecule has 1 N–H and O–H groups in total. The lowest BCUT2D eigenvalue weighted by molar-refractivity contribution is -0.137. The number of carbonyl (C=O) groups excluding carboxylic acids is 2. The minimum Gasteiger partial charge on any atom is -0.347 e. The third-order valence-corrected chi connectivity index (χ3v) is 4.01. The van der Waals surface area contributed by atoms with Crippen LogP contribution >= 0.6 is 0 Å². The van der Waals surface area contributed by atoms with Gasteiger partial charge in [0.1, 0.15) is 17.3 Å². The number of hydrogen-bond donors (Lipinski definition) is 1. The molecule has 1 saturated carbocycles. The van der Waals surface area contributed by atoms with Crippen LogP contribution in [0, 0.1) is 5.92 Å². The molecule has 1 amide bonds. The van der Waals surface area contributed by atoms with E-state index in [2.05, 4.69) is 15.3 Å². The highest BCUT2D eigenvalue weighted by atomic mass is 19.4. The number of ketones is 1. The zero-order valence-corrected chi connectivity index (χ0v) is 13.7. The largest absolute Gasteiger partial charge is 0.416 e. The predicted octanol–water partition coefficient (Wildman–Crippen LogP) is 2.95. The van der Waals surface area contributed by atoms with E-state index in [4.69, 9.17) is 0 Å². The molecule has 1 aromatic heterocycles. The number of aromatic nitrogens is 2. The minimum atomic E-state index is -4.43. The van der Waals surface area contributed by atoms with Gasteiger partial charge in [0, 0.05) is 18.7 Å². The van der Waals surface area contributed by atoms with E-state index in [1.54, 1.807) is 0 Å². The summed E-state index contributed by atoms with van der Waals surface area (Å²) < 4.78 is 38.1. The van der Waals surface area contributed by atoms with Gasteiger partial charge in [-0.1, -0.05) is 12.1 Å². The van der Waals surface area contributed by atoms with E-state index in [9.17, 15) is 22.8 Å². The Hall–Kier alpha value is -2.77. The van der Waals surface area contributed by atoms with Crippen molar-refractivity contribution in [3.8, 4) is 0 Å². The fraction of sp³-hybridized carbons (Fsp3) is 0.333. The van der Waals surface area contributed by atoms with Crippen LogP contribution in [0.1, 0.15) is 40.3 Å². The van der Waals surface area contributed by atoms with Crippen LogP contribution < -0.4 is 5.32 Å². The Morgan fingerprint density at radius 2 is 1.96 bits per heavy atom. The second-order valence-electron chi connectivity index (χ2n) is 6.16. The topological polar surface area (TPSA) is 72.0 Å². The van der Waals surface area contributed by atoms with Crippen LogP contribution in [0.5, 0.6) is 0 Å². The van der Waals surface area contributed by atoms with Crippen LogP contribution in [0.25, 0.3) is 0 Å². The number of nitrogens with one attached hydrogen (secondary N) is 1. The highest BCUT2D eigenvalue weighted by molar-refractivity contribution is 5.92. The van der Waals surface area contributed by atoms with Crippen molar-refractivity contribution in [2.45, 2.75) is 32.0 Å². The Bertz CT molecular complexity index is 832. The molecule has 8 heteroatoms. The van der Waals surface area contributed by atoms with Gasteiger partial charge in [-0.25, -0.2) is 9.97 Å². The minimum absolute atomic E-state index is 0.0616. The van der Waals surface area contributed by atoms with Crippen LogP contribution in [0.15, 0.2) is 36.5 Å². The number of rotatable bonds is 6. The summed E-state index contributed by atoms with van der Waals surface area (Å²) in [5, 5.41) is 2.53. The summed E-state index contributed by atoms with van der Waals surface area (Å²) in [6.07, 6.45) is -1.19. The second kappa shape index (κ2) is 7.23. The van der Waals surface area contributed by atoms with Gasteiger partial charge in [-0.3, -0.25) is 9.59 Å². The molecular formula is C18H16F3N3O2. The van der Waals surface area contributed by atoms with E-state index in [1.165, 1.54) is 24.4 Å². The lowest BCUT2D eigenvalue weighted by Crippen LogP contribution is -2.24. The summed E-state index contributed by atoms with van der Waals surface area (Å²) in [5.74, 6) is -0.123. The van der Waals surface area contributed by atoms with Gasteiger partial charge in [0.25, 0.3) is 5.91 Å². The molecule has 0 saturated heterocycles. The summed E-state index contributed by atoms with van der Waals surface area (Å²) >= 11 is 0. The lowest BCUT2D eigenvalue weighted by Gasteiger charge is -2.09. The first kappa shape index (κ1) is 18.0. The summed E-state index contributed by atoms with van der Waals surface area (Å²) in [5.41, 5.74) is -0.371. The van der Waals surface area contributed by atoms with Gasteiger partial charge in [0.15, 0.2) is 0 Å². The molecule has 26 heavy (non-hydrogen) atoms. The summed E-state index contributed by atoms with van der Waals surface area (Å²) in [7, 11) is 0. The molecule has 5 nitrogen and oxygen atoms in total. The molecule has 1 aliphatic carbocycles. The number of benzene rings is 1. The Labute approximate surface area is 147 Å². The van der Waals surface area contributed by atoms with E-state index in [0.29, 0.717) is 5.56 Å². The van der Waals surface area contributed by atoms with Gasteiger partial charge >= 0.3 is 6.18 Å². The summed E-state index contributed by atoms with van der Waals surface area (Å²) in [4.78, 5) is 32.0. The average Bonchev–Trinajstić information content (AvgIpc) is 3.44. The Morgan fingerprint density at radius 3 is 2.65 bits per heavy atom. The lowest BCUT2D eigenvalue weighted by atomic mass is 10.1. The van der Waals surface area contributed by atoms with Crippen molar-refractivity contribution >= 4 is 11.7 Å². The summed E-state index contributed by atoms with van der Waals surface area (Å²) in [6, 6.07) is 6.14. The molecule has 0 bridgehead atoms. The fourth-order valence-electron chi connectivity index (χ4n) is 2.45. The molecule has 1 aromatic carbocycles. The molecule has 0 radical (unpaired) electrons. The molecular weight excluding hydrogens is 347 g/mol.